The Morgan fingerprint density at radius 3 is 2.63 bits per heavy atom. The minimum Gasteiger partial charge on any atom is -0.490 e. The van der Waals surface area contributed by atoms with Gasteiger partial charge in [0.15, 0.2) is 17.7 Å². The van der Waals surface area contributed by atoms with E-state index in [4.69, 9.17) is 18.6 Å². The van der Waals surface area contributed by atoms with E-state index < -0.39 is 30.2 Å². The van der Waals surface area contributed by atoms with Crippen LogP contribution >= 0.6 is 0 Å². The number of carboxylic acid groups (broad SMARTS) is 1. The first-order chi connectivity index (χ1) is 20.6. The molecule has 1 aliphatic rings. The molecule has 3 aromatic rings. The summed E-state index contributed by atoms with van der Waals surface area (Å²) >= 11 is 0. The maximum atomic E-state index is 12.4. The number of hydrogen-bond donors (Lipinski definition) is 5. The third-order valence-corrected chi connectivity index (χ3v) is 6.46. The molecule has 5 N–H and O–H groups in total. The van der Waals surface area contributed by atoms with Gasteiger partial charge in [0, 0.05) is 11.3 Å². The summed E-state index contributed by atoms with van der Waals surface area (Å²) in [5.41, 5.74) is 5.38. The number of ether oxygens (including phenoxy) is 3. The Kier molecular flexibility index (Phi) is 9.68. The average molecular weight is 593 g/mol. The highest BCUT2D eigenvalue weighted by molar-refractivity contribution is 5.95. The van der Waals surface area contributed by atoms with E-state index >= 15 is 0 Å². The summed E-state index contributed by atoms with van der Waals surface area (Å²) in [6, 6.07) is 11.8. The zero-order chi connectivity index (χ0) is 31.1. The largest absolute Gasteiger partial charge is 0.490 e. The van der Waals surface area contributed by atoms with Gasteiger partial charge in [0.05, 0.1) is 37.1 Å². The lowest BCUT2D eigenvalue weighted by Crippen LogP contribution is -2.45. The number of aliphatic hydroxyl groups excluding tert-OH is 1. The van der Waals surface area contributed by atoms with Gasteiger partial charge in [-0.05, 0) is 68.3 Å². The highest BCUT2D eigenvalue weighted by Crippen LogP contribution is 2.35. The van der Waals surface area contributed by atoms with Gasteiger partial charge in [-0.3, -0.25) is 5.43 Å². The summed E-state index contributed by atoms with van der Waals surface area (Å²) in [4.78, 5) is 35.9. The predicted molar refractivity (Wildman–Crippen MR) is 155 cm³/mol. The number of methoxy groups -OCH3 is 1. The Balaban J connectivity index is 1.40. The zero-order valence-electron chi connectivity index (χ0n) is 24.0. The molecule has 43 heavy (non-hydrogen) atoms. The summed E-state index contributed by atoms with van der Waals surface area (Å²) in [5.74, 6) is -0.0935. The Bertz CT molecular complexity index is 1580. The number of hydrazone groups is 1. The zero-order valence-corrected chi connectivity index (χ0v) is 24.0. The van der Waals surface area contributed by atoms with Gasteiger partial charge in [-0.2, -0.15) is 5.10 Å². The molecule has 0 bridgehead atoms. The van der Waals surface area contributed by atoms with E-state index in [0.29, 0.717) is 46.5 Å². The molecule has 0 saturated carbocycles. The molecule has 4 rings (SSSR count). The van der Waals surface area contributed by atoms with E-state index in [1.165, 1.54) is 25.5 Å². The van der Waals surface area contributed by atoms with E-state index in [0.717, 1.165) is 5.56 Å². The third kappa shape index (κ3) is 7.32. The molecule has 1 aliphatic heterocycles. The quantitative estimate of drug-likeness (QED) is 0.0904. The van der Waals surface area contributed by atoms with Crippen LogP contribution in [0.1, 0.15) is 47.1 Å². The Morgan fingerprint density at radius 1 is 1.12 bits per heavy atom. The van der Waals surface area contributed by atoms with Gasteiger partial charge < -0.3 is 39.5 Å². The van der Waals surface area contributed by atoms with E-state index in [9.17, 15) is 24.6 Å². The lowest BCUT2D eigenvalue weighted by Gasteiger charge is -2.28. The number of benzene rings is 2. The SMILES string of the molecule is CCOc1cc([C@@H]2NC(=O)NC(C)=C2C(=O)OC)ccc1OC[C@@H](O)N/N=C\c1ccc(-c2cc(C(=O)O)ccc2C)o1. The topological polar surface area (TPSA) is 181 Å². The number of carbonyl (C=O) groups excluding carboxylic acids is 2. The van der Waals surface area contributed by atoms with Crippen molar-refractivity contribution in [3.8, 4) is 22.8 Å². The molecule has 0 spiro atoms. The first-order valence-corrected chi connectivity index (χ1v) is 13.3. The van der Waals surface area contributed by atoms with Crippen LogP contribution in [-0.2, 0) is 9.53 Å². The van der Waals surface area contributed by atoms with Gasteiger partial charge in [0.2, 0.25) is 0 Å². The second-order valence-corrected chi connectivity index (χ2v) is 9.45. The van der Waals surface area contributed by atoms with E-state index in [1.807, 2.05) is 6.92 Å². The lowest BCUT2D eigenvalue weighted by molar-refractivity contribution is -0.136. The monoisotopic (exact) mass is 592 g/mol. The summed E-state index contributed by atoms with van der Waals surface area (Å²) in [7, 11) is 1.26. The van der Waals surface area contributed by atoms with Gasteiger partial charge in [-0.15, -0.1) is 0 Å². The minimum absolute atomic E-state index is 0.148. The maximum absolute atomic E-state index is 12.4. The number of carbonyl (C=O) groups is 3. The fourth-order valence-electron chi connectivity index (χ4n) is 4.40. The molecule has 0 radical (unpaired) electrons. The van der Waals surface area contributed by atoms with Gasteiger partial charge in [-0.1, -0.05) is 12.1 Å². The molecule has 1 aromatic heterocycles. The van der Waals surface area contributed by atoms with Crippen molar-refractivity contribution >= 4 is 24.2 Å². The number of furan rings is 1. The smallest absolute Gasteiger partial charge is 0.337 e. The normalized spacial score (nSPS) is 15.5. The maximum Gasteiger partial charge on any atom is 0.337 e. The number of nitrogens with one attached hydrogen (secondary N) is 3. The molecule has 0 unspecified atom stereocenters. The molecule has 2 amide bonds. The van der Waals surface area contributed by atoms with E-state index in [2.05, 4.69) is 21.2 Å². The van der Waals surface area contributed by atoms with Crippen LogP contribution in [-0.4, -0.2) is 60.9 Å². The lowest BCUT2D eigenvalue weighted by atomic mass is 9.95. The number of urea groups is 1. The molecule has 0 fully saturated rings. The van der Waals surface area contributed by atoms with Crippen LogP contribution in [0, 0.1) is 6.92 Å². The molecule has 0 aliphatic carbocycles. The van der Waals surface area contributed by atoms with Crippen molar-refractivity contribution in [2.45, 2.75) is 33.0 Å². The van der Waals surface area contributed by atoms with Crippen molar-refractivity contribution < 1.29 is 43.2 Å². The van der Waals surface area contributed by atoms with Gasteiger partial charge in [0.25, 0.3) is 0 Å². The third-order valence-electron chi connectivity index (χ3n) is 6.46. The van der Waals surface area contributed by atoms with Gasteiger partial charge in [-0.25, -0.2) is 14.4 Å². The fraction of sp³-hybridized carbons (Fsp3) is 0.267. The molecule has 2 atom stereocenters. The number of aromatic carboxylic acids is 1. The number of allylic oxidation sites excluding steroid dienone is 1. The molecule has 0 saturated heterocycles. The van der Waals surface area contributed by atoms with Crippen LogP contribution in [0.2, 0.25) is 0 Å². The highest BCUT2D eigenvalue weighted by atomic mass is 16.5. The molecule has 226 valence electrons. The van der Waals surface area contributed by atoms with E-state index in [-0.39, 0.29) is 17.7 Å². The summed E-state index contributed by atoms with van der Waals surface area (Å²) in [5, 5.41) is 28.9. The second-order valence-electron chi connectivity index (χ2n) is 9.45. The Labute approximate surface area is 247 Å². The number of aliphatic hydroxyl groups is 1. The second kappa shape index (κ2) is 13.6. The Hall–Kier alpha value is -5.30. The number of rotatable bonds is 12. The van der Waals surface area contributed by atoms with Gasteiger partial charge >= 0.3 is 18.0 Å². The van der Waals surface area contributed by atoms with E-state index in [1.54, 1.807) is 50.2 Å². The van der Waals surface area contributed by atoms with Crippen LogP contribution < -0.4 is 25.5 Å². The average Bonchev–Trinajstić information content (AvgIpc) is 3.44. The minimum atomic E-state index is -1.20. The standard InChI is InChI=1S/C30H32N4O9/c1-5-41-24-13-18(27-26(29(38)40-4)17(3)32-30(39)33-27)8-10-23(24)42-15-25(35)34-31-14-20-9-11-22(43-20)21-12-19(28(36)37)7-6-16(21)2/h6-14,25,27,34-35H,5,15H2,1-4H3,(H,36,37)(H2,32,33,39)/b31-14-/t25-,27+/m1/s1. The summed E-state index contributed by atoms with van der Waals surface area (Å²) in [6.07, 6.45) is 0.167. The number of amides is 2. The van der Waals surface area contributed by atoms with Crippen molar-refractivity contribution in [3.05, 3.63) is 82.3 Å². The summed E-state index contributed by atoms with van der Waals surface area (Å²) < 4.78 is 22.1. The highest BCUT2D eigenvalue weighted by Gasteiger charge is 2.32. The molecule has 13 nitrogen and oxygen atoms in total. The summed E-state index contributed by atoms with van der Waals surface area (Å²) in [6.45, 7) is 5.37. The van der Waals surface area contributed by atoms with Crippen LogP contribution in [0.15, 0.2) is 69.3 Å². The molecule has 2 heterocycles. The first-order valence-electron chi connectivity index (χ1n) is 13.3. The van der Waals surface area contributed by atoms with Crippen molar-refractivity contribution in [1.29, 1.82) is 0 Å². The van der Waals surface area contributed by atoms with Gasteiger partial charge in [0.1, 0.15) is 18.1 Å². The number of carboxylic acids is 1. The number of esters is 1. The molecule has 13 heteroatoms. The fourth-order valence-corrected chi connectivity index (χ4v) is 4.40. The molecular weight excluding hydrogens is 560 g/mol. The molecule has 2 aromatic carbocycles. The first kappa shape index (κ1) is 30.7. The number of aryl methyl sites for hydroxylation is 1. The molecular formula is C30H32N4O9. The number of hydrogen-bond acceptors (Lipinski definition) is 10. The van der Waals surface area contributed by atoms with Crippen LogP contribution in [0.3, 0.4) is 0 Å². The van der Waals surface area contributed by atoms with Crippen LogP contribution in [0.25, 0.3) is 11.3 Å². The van der Waals surface area contributed by atoms with Crippen molar-refractivity contribution in [3.63, 3.8) is 0 Å². The van der Waals surface area contributed by atoms with Crippen LogP contribution in [0.4, 0.5) is 4.79 Å². The van der Waals surface area contributed by atoms with Crippen molar-refractivity contribution in [2.75, 3.05) is 20.3 Å². The van der Waals surface area contributed by atoms with Crippen molar-refractivity contribution in [2.24, 2.45) is 5.10 Å². The van der Waals surface area contributed by atoms with Crippen LogP contribution in [0.5, 0.6) is 11.5 Å². The number of nitrogens with zero attached hydrogens (tertiary/aromatic N) is 1. The Morgan fingerprint density at radius 2 is 1.91 bits per heavy atom. The van der Waals surface area contributed by atoms with Crippen molar-refractivity contribution in [1.82, 2.24) is 16.1 Å². The predicted octanol–water partition coefficient (Wildman–Crippen LogP) is 3.47.